The number of aromatic amines is 1. The first kappa shape index (κ1) is 20.3. The van der Waals surface area contributed by atoms with Crippen LogP contribution in [0.15, 0.2) is 21.9 Å². The van der Waals surface area contributed by atoms with Crippen molar-refractivity contribution in [1.29, 1.82) is 0 Å². The second-order valence-electron chi connectivity index (χ2n) is 6.23. The number of H-pyrrole nitrogens is 1. The molecule has 2 aromatic heterocycles. The van der Waals surface area contributed by atoms with Crippen molar-refractivity contribution in [1.82, 2.24) is 24.3 Å². The Kier molecular flexibility index (Phi) is 6.49. The minimum atomic E-state index is -0.591. The highest BCUT2D eigenvalue weighted by Crippen LogP contribution is 2.10. The van der Waals surface area contributed by atoms with Gasteiger partial charge in [0.05, 0.1) is 17.5 Å². The molecule has 0 fully saturated rings. The Hall–Kier alpha value is -2.97. The molecular formula is C18H25N5O4. The summed E-state index contributed by atoms with van der Waals surface area (Å²) in [6.07, 6.45) is 2.02. The molecule has 0 aliphatic carbocycles. The lowest BCUT2D eigenvalue weighted by molar-refractivity contribution is -0.131. The minimum Gasteiger partial charge on any atom is -0.342 e. The Bertz CT molecular complexity index is 958. The second-order valence-corrected chi connectivity index (χ2v) is 6.23. The normalized spacial score (nSPS) is 10.8. The molecule has 9 heteroatoms. The van der Waals surface area contributed by atoms with E-state index in [-0.39, 0.29) is 29.0 Å². The van der Waals surface area contributed by atoms with Crippen LogP contribution < -0.4 is 11.2 Å². The summed E-state index contributed by atoms with van der Waals surface area (Å²) in [6.45, 7) is 7.13. The molecule has 146 valence electrons. The molecule has 0 saturated carbocycles. The summed E-state index contributed by atoms with van der Waals surface area (Å²) in [5.74, 6) is -0.572. The Morgan fingerprint density at radius 1 is 1.19 bits per heavy atom. The van der Waals surface area contributed by atoms with Gasteiger partial charge in [-0.3, -0.25) is 23.9 Å². The molecule has 0 spiro atoms. The minimum absolute atomic E-state index is 0.0652. The van der Waals surface area contributed by atoms with Gasteiger partial charge in [0, 0.05) is 32.9 Å². The lowest BCUT2D eigenvalue weighted by Gasteiger charge is -2.23. The summed E-state index contributed by atoms with van der Waals surface area (Å²) in [5, 5.41) is 0.164. The number of rotatable bonds is 7. The van der Waals surface area contributed by atoms with Gasteiger partial charge in [-0.15, -0.1) is 0 Å². The van der Waals surface area contributed by atoms with Crippen molar-refractivity contribution in [3.8, 4) is 0 Å². The Balaban J connectivity index is 2.36. The van der Waals surface area contributed by atoms with E-state index in [4.69, 9.17) is 0 Å². The molecule has 2 rings (SSSR count). The number of hydrogen-bond donors (Lipinski definition) is 1. The van der Waals surface area contributed by atoms with Crippen LogP contribution in [-0.4, -0.2) is 62.8 Å². The van der Waals surface area contributed by atoms with Gasteiger partial charge in [-0.2, -0.15) is 0 Å². The highest BCUT2D eigenvalue weighted by molar-refractivity contribution is 5.98. The van der Waals surface area contributed by atoms with Crippen LogP contribution in [-0.2, 0) is 11.3 Å². The number of nitrogens with one attached hydrogen (secondary N) is 1. The average molecular weight is 375 g/mol. The Labute approximate surface area is 156 Å². The Morgan fingerprint density at radius 2 is 1.85 bits per heavy atom. The number of aromatic nitrogens is 3. The number of amides is 2. The van der Waals surface area contributed by atoms with E-state index in [0.717, 1.165) is 0 Å². The maximum atomic E-state index is 12.6. The van der Waals surface area contributed by atoms with Crippen molar-refractivity contribution in [3.63, 3.8) is 0 Å². The molecule has 9 nitrogen and oxygen atoms in total. The van der Waals surface area contributed by atoms with Crippen LogP contribution in [0.25, 0.3) is 11.0 Å². The van der Waals surface area contributed by atoms with Gasteiger partial charge in [0.1, 0.15) is 5.65 Å². The summed E-state index contributed by atoms with van der Waals surface area (Å²) < 4.78 is 1.37. The number of carbonyl (C=O) groups is 2. The van der Waals surface area contributed by atoms with E-state index < -0.39 is 17.2 Å². The number of fused-ring (bicyclic) bond motifs is 1. The van der Waals surface area contributed by atoms with Crippen LogP contribution in [0, 0.1) is 0 Å². The molecule has 0 saturated heterocycles. The monoisotopic (exact) mass is 375 g/mol. The second kappa shape index (κ2) is 8.61. The molecule has 2 amide bonds. The number of likely N-dealkylation sites (N-methyl/N-ethyl adjacent to an activating group) is 2. The number of aryl methyl sites for hydroxylation is 1. The molecule has 0 aliphatic heterocycles. The molecule has 0 aliphatic rings. The van der Waals surface area contributed by atoms with Crippen molar-refractivity contribution >= 4 is 22.8 Å². The van der Waals surface area contributed by atoms with Crippen molar-refractivity contribution in [2.45, 2.75) is 33.7 Å². The molecule has 2 heterocycles. The van der Waals surface area contributed by atoms with Crippen LogP contribution in [0.5, 0.6) is 0 Å². The van der Waals surface area contributed by atoms with Gasteiger partial charge in [0.25, 0.3) is 11.5 Å². The zero-order chi connectivity index (χ0) is 20.1. The first-order valence-corrected chi connectivity index (χ1v) is 9.00. The molecular weight excluding hydrogens is 350 g/mol. The first-order chi connectivity index (χ1) is 12.8. The third-order valence-corrected chi connectivity index (χ3v) is 4.36. The molecule has 27 heavy (non-hydrogen) atoms. The molecule has 0 unspecified atom stereocenters. The van der Waals surface area contributed by atoms with Gasteiger partial charge < -0.3 is 9.80 Å². The zero-order valence-electron chi connectivity index (χ0n) is 16.1. The van der Waals surface area contributed by atoms with Crippen molar-refractivity contribution in [2.24, 2.45) is 0 Å². The fraction of sp³-hybridized carbons (Fsp3) is 0.500. The van der Waals surface area contributed by atoms with Gasteiger partial charge in [-0.05, 0) is 26.3 Å². The smallest absolute Gasteiger partial charge is 0.329 e. The van der Waals surface area contributed by atoms with E-state index in [1.54, 1.807) is 4.90 Å². The standard InChI is InChI=1S/C18H25N5O4/c1-5-8-23-15-13(16(25)20-18(23)27)9-12(10-19-15)17(26)21(4)11-14(24)22(6-2)7-3/h9-10H,5-8,11H2,1-4H3,(H,20,25,27). The van der Waals surface area contributed by atoms with E-state index in [2.05, 4.69) is 9.97 Å². The van der Waals surface area contributed by atoms with E-state index in [0.29, 0.717) is 26.1 Å². The van der Waals surface area contributed by atoms with Gasteiger partial charge in [-0.25, -0.2) is 9.78 Å². The number of carbonyl (C=O) groups excluding carboxylic acids is 2. The lowest BCUT2D eigenvalue weighted by Crippen LogP contribution is -2.41. The van der Waals surface area contributed by atoms with Crippen LogP contribution in [0.1, 0.15) is 37.6 Å². The predicted molar refractivity (Wildman–Crippen MR) is 102 cm³/mol. The summed E-state index contributed by atoms with van der Waals surface area (Å²) in [7, 11) is 1.52. The van der Waals surface area contributed by atoms with Crippen molar-refractivity contribution in [2.75, 3.05) is 26.7 Å². The number of hydrogen-bond acceptors (Lipinski definition) is 5. The van der Waals surface area contributed by atoms with Crippen LogP contribution in [0.4, 0.5) is 0 Å². The van der Waals surface area contributed by atoms with E-state index in [1.807, 2.05) is 20.8 Å². The summed E-state index contributed by atoms with van der Waals surface area (Å²) in [6, 6.07) is 1.41. The van der Waals surface area contributed by atoms with Crippen molar-refractivity contribution in [3.05, 3.63) is 38.7 Å². The lowest BCUT2D eigenvalue weighted by atomic mass is 10.2. The van der Waals surface area contributed by atoms with Gasteiger partial charge in [-0.1, -0.05) is 6.92 Å². The zero-order valence-corrected chi connectivity index (χ0v) is 16.1. The average Bonchev–Trinajstić information content (AvgIpc) is 2.65. The highest BCUT2D eigenvalue weighted by Gasteiger charge is 2.19. The number of pyridine rings is 1. The number of nitrogens with zero attached hydrogens (tertiary/aromatic N) is 4. The third kappa shape index (κ3) is 4.24. The molecule has 1 N–H and O–H groups in total. The maximum Gasteiger partial charge on any atom is 0.329 e. The quantitative estimate of drug-likeness (QED) is 0.755. The van der Waals surface area contributed by atoms with E-state index in [1.165, 1.54) is 28.8 Å². The van der Waals surface area contributed by atoms with E-state index >= 15 is 0 Å². The van der Waals surface area contributed by atoms with Crippen molar-refractivity contribution < 1.29 is 9.59 Å². The van der Waals surface area contributed by atoms with Crippen LogP contribution >= 0.6 is 0 Å². The predicted octanol–water partition coefficient (Wildman–Crippen LogP) is 0.435. The largest absolute Gasteiger partial charge is 0.342 e. The van der Waals surface area contributed by atoms with Gasteiger partial charge in [0.2, 0.25) is 5.91 Å². The first-order valence-electron chi connectivity index (χ1n) is 9.00. The molecule has 0 aromatic carbocycles. The maximum absolute atomic E-state index is 12.6. The van der Waals surface area contributed by atoms with Gasteiger partial charge in [0.15, 0.2) is 0 Å². The summed E-state index contributed by atoms with van der Waals surface area (Å²) >= 11 is 0. The molecule has 0 bridgehead atoms. The summed E-state index contributed by atoms with van der Waals surface area (Å²) in [4.78, 5) is 58.3. The van der Waals surface area contributed by atoms with Crippen LogP contribution in [0.3, 0.4) is 0 Å². The SMILES string of the molecule is CCCn1c(=O)[nH]c(=O)c2cc(C(=O)N(C)CC(=O)N(CC)CC)cnc21. The molecule has 0 radical (unpaired) electrons. The Morgan fingerprint density at radius 3 is 2.44 bits per heavy atom. The molecule has 2 aromatic rings. The van der Waals surface area contributed by atoms with Gasteiger partial charge >= 0.3 is 5.69 Å². The fourth-order valence-electron chi connectivity index (χ4n) is 2.89. The molecule has 0 atom stereocenters. The third-order valence-electron chi connectivity index (χ3n) is 4.36. The summed E-state index contributed by atoms with van der Waals surface area (Å²) in [5.41, 5.74) is -0.692. The van der Waals surface area contributed by atoms with Crippen LogP contribution in [0.2, 0.25) is 0 Å². The van der Waals surface area contributed by atoms with E-state index in [9.17, 15) is 19.2 Å². The highest BCUT2D eigenvalue weighted by atomic mass is 16.2. The topological polar surface area (TPSA) is 108 Å². The fourth-order valence-corrected chi connectivity index (χ4v) is 2.89.